The maximum atomic E-state index is 10.6. The van der Waals surface area contributed by atoms with Crippen LogP contribution in [0.3, 0.4) is 0 Å². The Morgan fingerprint density at radius 1 is 0.926 bits per heavy atom. The van der Waals surface area contributed by atoms with Gasteiger partial charge in [-0.15, -0.1) is 0 Å². The molecular weight excluding hydrogens is 336 g/mol. The van der Waals surface area contributed by atoms with Crippen molar-refractivity contribution in [3.63, 3.8) is 0 Å². The van der Waals surface area contributed by atoms with Crippen molar-refractivity contribution in [3.05, 3.63) is 71.3 Å². The fourth-order valence-corrected chi connectivity index (χ4v) is 3.99. The van der Waals surface area contributed by atoms with Gasteiger partial charge in [0, 0.05) is 0 Å². The molecule has 0 spiro atoms. The first-order chi connectivity index (χ1) is 13.2. The normalized spacial score (nSPS) is 22.3. The molecule has 2 atom stereocenters. The summed E-state index contributed by atoms with van der Waals surface area (Å²) in [6.07, 6.45) is -0.572. The molecule has 0 bridgehead atoms. The Hall–Kier alpha value is -1.72. The molecule has 3 N–H and O–H groups in total. The maximum Gasteiger partial charge on any atom is 0.127 e. The van der Waals surface area contributed by atoms with E-state index in [2.05, 4.69) is 50.2 Å². The van der Waals surface area contributed by atoms with E-state index in [4.69, 9.17) is 4.74 Å². The molecule has 1 saturated heterocycles. The lowest BCUT2D eigenvalue weighted by Crippen LogP contribution is -3.28. The highest BCUT2D eigenvalue weighted by molar-refractivity contribution is 5.35. The fraction of sp³-hybridized carbons (Fsp3) is 0.478. The summed E-state index contributed by atoms with van der Waals surface area (Å²) in [7, 11) is 0. The Balaban J connectivity index is 1.61. The molecule has 2 aromatic carbocycles. The van der Waals surface area contributed by atoms with E-state index in [9.17, 15) is 5.11 Å². The Kier molecular flexibility index (Phi) is 7.41. The molecule has 4 heteroatoms. The lowest BCUT2D eigenvalue weighted by Gasteiger charge is -2.30. The van der Waals surface area contributed by atoms with E-state index < -0.39 is 6.10 Å². The number of ether oxygens (including phenoxy) is 1. The summed E-state index contributed by atoms with van der Waals surface area (Å²) in [5, 5.41) is 10.6. The minimum atomic E-state index is -0.432. The highest BCUT2D eigenvalue weighted by Crippen LogP contribution is 2.28. The Morgan fingerprint density at radius 3 is 2.22 bits per heavy atom. The highest BCUT2D eigenvalue weighted by Gasteiger charge is 2.25. The van der Waals surface area contributed by atoms with E-state index in [1.165, 1.54) is 35.7 Å². The van der Waals surface area contributed by atoms with Gasteiger partial charge in [-0.2, -0.15) is 0 Å². The molecule has 1 fully saturated rings. The topological polar surface area (TPSA) is 38.3 Å². The Labute approximate surface area is 163 Å². The first-order valence-corrected chi connectivity index (χ1v) is 10.2. The molecule has 0 saturated carbocycles. The van der Waals surface area contributed by atoms with Crippen LogP contribution in [-0.2, 0) is 4.74 Å². The summed E-state index contributed by atoms with van der Waals surface area (Å²) in [4.78, 5) is 3.17. The van der Waals surface area contributed by atoms with Gasteiger partial charge in [-0.05, 0) is 30.5 Å². The van der Waals surface area contributed by atoms with Crippen LogP contribution in [-0.4, -0.2) is 57.1 Å². The Morgan fingerprint density at radius 2 is 1.56 bits per heavy atom. The minimum absolute atomic E-state index is 0.140. The molecular formula is C23H34N2O2+2. The second kappa shape index (κ2) is 10.00. The van der Waals surface area contributed by atoms with Crippen molar-refractivity contribution in [1.82, 2.24) is 0 Å². The van der Waals surface area contributed by atoms with Crippen LogP contribution in [0.25, 0.3) is 0 Å². The van der Waals surface area contributed by atoms with Gasteiger partial charge in [0.25, 0.3) is 0 Å². The largest absolute Gasteiger partial charge is 0.385 e. The van der Waals surface area contributed by atoms with Crippen molar-refractivity contribution in [3.8, 4) is 0 Å². The number of hydrogen-bond acceptors (Lipinski definition) is 2. The molecule has 0 aromatic heterocycles. The van der Waals surface area contributed by atoms with Gasteiger partial charge in [0.1, 0.15) is 44.9 Å². The van der Waals surface area contributed by atoms with Crippen molar-refractivity contribution >= 4 is 0 Å². The number of likely N-dealkylation sites (N-methyl/N-ethyl adjacent to an activating group) is 1. The SMILES string of the molecule is CC[NH+]1CC[NH+](C[C@H](O)CO[C@@H](c2ccccc2)c2ccccc2C)CC1. The van der Waals surface area contributed by atoms with Crippen molar-refractivity contribution in [2.24, 2.45) is 0 Å². The first kappa shape index (κ1) is 20.0. The van der Waals surface area contributed by atoms with E-state index in [0.29, 0.717) is 6.61 Å². The first-order valence-electron chi connectivity index (χ1n) is 10.2. The summed E-state index contributed by atoms with van der Waals surface area (Å²) >= 11 is 0. The molecule has 1 aliphatic heterocycles. The van der Waals surface area contributed by atoms with E-state index in [1.54, 1.807) is 4.90 Å². The predicted octanol–water partition coefficient (Wildman–Crippen LogP) is 0.265. The summed E-state index contributed by atoms with van der Waals surface area (Å²) in [5.41, 5.74) is 3.51. The maximum absolute atomic E-state index is 10.6. The molecule has 0 radical (unpaired) electrons. The summed E-state index contributed by atoms with van der Waals surface area (Å²) < 4.78 is 6.27. The van der Waals surface area contributed by atoms with E-state index in [1.807, 2.05) is 18.2 Å². The molecule has 2 aromatic rings. The van der Waals surface area contributed by atoms with Crippen LogP contribution in [0.2, 0.25) is 0 Å². The quantitative estimate of drug-likeness (QED) is 0.624. The van der Waals surface area contributed by atoms with Crippen LogP contribution >= 0.6 is 0 Å². The summed E-state index contributed by atoms with van der Waals surface area (Å²) in [6, 6.07) is 18.6. The average Bonchev–Trinajstić information content (AvgIpc) is 2.71. The van der Waals surface area contributed by atoms with Gasteiger partial charge in [0.2, 0.25) is 0 Å². The van der Waals surface area contributed by atoms with Crippen molar-refractivity contribution < 1.29 is 19.6 Å². The number of aryl methyl sites for hydroxylation is 1. The molecule has 3 rings (SSSR count). The third kappa shape index (κ3) is 5.63. The molecule has 1 aliphatic rings. The number of quaternary nitrogens is 2. The number of hydrogen-bond donors (Lipinski definition) is 3. The van der Waals surface area contributed by atoms with Gasteiger partial charge in [-0.1, -0.05) is 54.6 Å². The standard InChI is InChI=1S/C23H32N2O2/c1-3-24-13-15-25(16-14-24)17-21(26)18-27-23(20-10-5-4-6-11-20)22-12-8-7-9-19(22)2/h4-12,21,23,26H,3,13-18H2,1-2H3/p+2/t21-,23-/m0/s1. The van der Waals surface area contributed by atoms with Crippen LogP contribution in [0.1, 0.15) is 29.7 Å². The van der Waals surface area contributed by atoms with Crippen LogP contribution in [0.5, 0.6) is 0 Å². The molecule has 146 valence electrons. The number of nitrogens with one attached hydrogen (secondary N) is 2. The second-order valence-electron chi connectivity index (χ2n) is 7.69. The fourth-order valence-electron chi connectivity index (χ4n) is 3.99. The lowest BCUT2D eigenvalue weighted by molar-refractivity contribution is -1.01. The van der Waals surface area contributed by atoms with Crippen LogP contribution in [0.15, 0.2) is 54.6 Å². The number of rotatable bonds is 8. The van der Waals surface area contributed by atoms with Crippen molar-refractivity contribution in [2.75, 3.05) is 45.9 Å². The number of piperazine rings is 1. The molecule has 27 heavy (non-hydrogen) atoms. The number of aliphatic hydroxyl groups is 1. The number of benzene rings is 2. The zero-order chi connectivity index (χ0) is 19.1. The monoisotopic (exact) mass is 370 g/mol. The molecule has 0 aliphatic carbocycles. The zero-order valence-corrected chi connectivity index (χ0v) is 16.7. The predicted molar refractivity (Wildman–Crippen MR) is 108 cm³/mol. The van der Waals surface area contributed by atoms with Gasteiger partial charge in [0.15, 0.2) is 0 Å². The van der Waals surface area contributed by atoms with Crippen LogP contribution in [0.4, 0.5) is 0 Å². The van der Waals surface area contributed by atoms with Crippen molar-refractivity contribution in [1.29, 1.82) is 0 Å². The van der Waals surface area contributed by atoms with Gasteiger partial charge >= 0.3 is 0 Å². The second-order valence-corrected chi connectivity index (χ2v) is 7.69. The lowest BCUT2D eigenvalue weighted by atomic mass is 9.97. The zero-order valence-electron chi connectivity index (χ0n) is 16.7. The van der Waals surface area contributed by atoms with Crippen LogP contribution in [0, 0.1) is 6.92 Å². The van der Waals surface area contributed by atoms with Crippen LogP contribution < -0.4 is 9.80 Å². The molecule has 0 unspecified atom stereocenters. The van der Waals surface area contributed by atoms with Gasteiger partial charge in [-0.3, -0.25) is 0 Å². The number of aliphatic hydroxyl groups excluding tert-OH is 1. The van der Waals surface area contributed by atoms with Gasteiger partial charge in [-0.25, -0.2) is 0 Å². The third-order valence-electron chi connectivity index (χ3n) is 5.72. The van der Waals surface area contributed by atoms with Crippen molar-refractivity contribution in [2.45, 2.75) is 26.1 Å². The Bertz CT molecular complexity index is 684. The average molecular weight is 371 g/mol. The minimum Gasteiger partial charge on any atom is -0.385 e. The molecule has 4 nitrogen and oxygen atoms in total. The highest BCUT2D eigenvalue weighted by atomic mass is 16.5. The van der Waals surface area contributed by atoms with E-state index >= 15 is 0 Å². The molecule has 1 heterocycles. The summed E-state index contributed by atoms with van der Waals surface area (Å²) in [6.45, 7) is 11.4. The van der Waals surface area contributed by atoms with Gasteiger partial charge < -0.3 is 19.6 Å². The third-order valence-corrected chi connectivity index (χ3v) is 5.72. The molecule has 0 amide bonds. The summed E-state index contributed by atoms with van der Waals surface area (Å²) in [5.74, 6) is 0. The smallest absolute Gasteiger partial charge is 0.127 e. The van der Waals surface area contributed by atoms with E-state index in [0.717, 1.165) is 25.2 Å². The van der Waals surface area contributed by atoms with Gasteiger partial charge in [0.05, 0.1) is 13.2 Å². The van der Waals surface area contributed by atoms with E-state index in [-0.39, 0.29) is 6.10 Å².